The molecule has 7 heteroatoms. The van der Waals surface area contributed by atoms with Crippen LogP contribution in [0.15, 0.2) is 47.5 Å². The van der Waals surface area contributed by atoms with Crippen molar-refractivity contribution >= 4 is 23.6 Å². The van der Waals surface area contributed by atoms with E-state index in [0.717, 1.165) is 23.4 Å². The Bertz CT molecular complexity index is 831. The molecule has 0 radical (unpaired) electrons. The molecule has 2 N–H and O–H groups in total. The van der Waals surface area contributed by atoms with Crippen LogP contribution >= 0.6 is 0 Å². The van der Waals surface area contributed by atoms with Crippen molar-refractivity contribution in [3.63, 3.8) is 0 Å². The van der Waals surface area contributed by atoms with E-state index in [9.17, 15) is 18.0 Å². The predicted octanol–water partition coefficient (Wildman–Crippen LogP) is 5.04. The molecule has 0 saturated carbocycles. The van der Waals surface area contributed by atoms with Gasteiger partial charge in [-0.05, 0) is 42.3 Å². The number of amides is 2. The molecule has 2 aromatic rings. The van der Waals surface area contributed by atoms with Gasteiger partial charge in [-0.2, -0.15) is 13.2 Å². The number of carbonyl (C=O) groups is 1. The van der Waals surface area contributed by atoms with Crippen LogP contribution in [-0.2, 0) is 6.18 Å². The SMILES string of the molecule is CCC(NC(=O)Nc1ccc2c(c1)C=N2)c1cccc(C(F)(F)F)c1. The maximum absolute atomic E-state index is 12.9. The van der Waals surface area contributed by atoms with Crippen LogP contribution in [0, 0.1) is 0 Å². The lowest BCUT2D eigenvalue weighted by Gasteiger charge is -2.20. The number of anilines is 1. The Morgan fingerprint density at radius 2 is 2.00 bits per heavy atom. The van der Waals surface area contributed by atoms with Crippen LogP contribution in [0.3, 0.4) is 0 Å². The molecular weight excluding hydrogens is 331 g/mol. The largest absolute Gasteiger partial charge is 0.416 e. The molecule has 0 bridgehead atoms. The summed E-state index contributed by atoms with van der Waals surface area (Å²) < 4.78 is 38.6. The number of rotatable bonds is 4. The Hall–Kier alpha value is -2.83. The van der Waals surface area contributed by atoms with Crippen LogP contribution in [0.5, 0.6) is 0 Å². The van der Waals surface area contributed by atoms with Crippen molar-refractivity contribution in [3.8, 4) is 0 Å². The molecular formula is C18H16F3N3O. The van der Waals surface area contributed by atoms with E-state index >= 15 is 0 Å². The number of nitrogens with one attached hydrogen (secondary N) is 2. The third kappa shape index (κ3) is 3.81. The van der Waals surface area contributed by atoms with Crippen molar-refractivity contribution in [2.45, 2.75) is 25.6 Å². The van der Waals surface area contributed by atoms with Gasteiger partial charge < -0.3 is 10.6 Å². The first-order chi connectivity index (χ1) is 11.9. The minimum atomic E-state index is -4.41. The van der Waals surface area contributed by atoms with Crippen molar-refractivity contribution in [1.82, 2.24) is 5.32 Å². The molecule has 1 heterocycles. The molecule has 25 heavy (non-hydrogen) atoms. The highest BCUT2D eigenvalue weighted by Gasteiger charge is 2.31. The molecule has 0 spiro atoms. The molecule has 0 saturated heterocycles. The van der Waals surface area contributed by atoms with E-state index in [2.05, 4.69) is 15.6 Å². The summed E-state index contributed by atoms with van der Waals surface area (Å²) in [4.78, 5) is 16.2. The number of carbonyl (C=O) groups excluding carboxylic acids is 1. The average Bonchev–Trinajstić information content (AvgIpc) is 2.54. The highest BCUT2D eigenvalue weighted by atomic mass is 19.4. The van der Waals surface area contributed by atoms with Crippen molar-refractivity contribution in [2.24, 2.45) is 4.99 Å². The molecule has 1 unspecified atom stereocenters. The number of urea groups is 1. The quantitative estimate of drug-likeness (QED) is 0.682. The van der Waals surface area contributed by atoms with Gasteiger partial charge in [-0.25, -0.2) is 4.79 Å². The lowest BCUT2D eigenvalue weighted by Crippen LogP contribution is -2.32. The third-order valence-electron chi connectivity index (χ3n) is 3.96. The van der Waals surface area contributed by atoms with Crippen molar-refractivity contribution < 1.29 is 18.0 Å². The molecule has 130 valence electrons. The fraction of sp³-hybridized carbons (Fsp3) is 0.222. The topological polar surface area (TPSA) is 53.5 Å². The van der Waals surface area contributed by atoms with E-state index < -0.39 is 23.8 Å². The molecule has 4 nitrogen and oxygen atoms in total. The van der Waals surface area contributed by atoms with Crippen molar-refractivity contribution in [3.05, 3.63) is 59.2 Å². The minimum absolute atomic E-state index is 0.414. The standard InChI is InChI=1S/C18H16F3N3O/c1-2-15(11-4-3-5-13(8-11)18(19,20)21)24-17(25)23-14-6-7-16-12(9-14)10-22-16/h3-10,15H,2H2,1H3,(H2,23,24,25). The van der Waals surface area contributed by atoms with Crippen molar-refractivity contribution in [2.75, 3.05) is 5.32 Å². The maximum Gasteiger partial charge on any atom is 0.416 e. The molecule has 1 atom stereocenters. The minimum Gasteiger partial charge on any atom is -0.331 e. The van der Waals surface area contributed by atoms with Crippen LogP contribution < -0.4 is 10.6 Å². The van der Waals surface area contributed by atoms with Crippen LogP contribution in [0.4, 0.5) is 29.3 Å². The van der Waals surface area contributed by atoms with Gasteiger partial charge in [-0.1, -0.05) is 19.1 Å². The lowest BCUT2D eigenvalue weighted by molar-refractivity contribution is -0.137. The van der Waals surface area contributed by atoms with Crippen LogP contribution in [-0.4, -0.2) is 12.2 Å². The third-order valence-corrected chi connectivity index (χ3v) is 3.96. The van der Waals surface area contributed by atoms with Gasteiger partial charge in [0, 0.05) is 17.5 Å². The van der Waals surface area contributed by atoms with Gasteiger partial charge in [0.1, 0.15) is 0 Å². The number of hydrogen-bond acceptors (Lipinski definition) is 2. The summed E-state index contributed by atoms with van der Waals surface area (Å²) in [5.41, 5.74) is 2.08. The molecule has 1 aliphatic heterocycles. The highest BCUT2D eigenvalue weighted by Crippen LogP contribution is 2.31. The van der Waals surface area contributed by atoms with Gasteiger partial charge in [0.25, 0.3) is 0 Å². The average molecular weight is 347 g/mol. The second-order valence-electron chi connectivity index (χ2n) is 5.71. The number of nitrogens with zero attached hydrogens (tertiary/aromatic N) is 1. The molecule has 3 rings (SSSR count). The van der Waals surface area contributed by atoms with E-state index in [1.54, 1.807) is 37.4 Å². The summed E-state index contributed by atoms with van der Waals surface area (Å²) in [5.74, 6) is 0. The fourth-order valence-corrected chi connectivity index (χ4v) is 2.60. The van der Waals surface area contributed by atoms with E-state index in [4.69, 9.17) is 0 Å². The number of alkyl halides is 3. The van der Waals surface area contributed by atoms with Gasteiger partial charge >= 0.3 is 12.2 Å². The molecule has 0 aromatic heterocycles. The summed E-state index contributed by atoms with van der Waals surface area (Å²) in [6.07, 6.45) is -2.26. The summed E-state index contributed by atoms with van der Waals surface area (Å²) in [6.45, 7) is 1.80. The predicted molar refractivity (Wildman–Crippen MR) is 90.3 cm³/mol. The van der Waals surface area contributed by atoms with Crippen LogP contribution in [0.2, 0.25) is 0 Å². The number of hydrogen-bond donors (Lipinski definition) is 2. The number of halogens is 3. The van der Waals surface area contributed by atoms with E-state index in [1.165, 1.54) is 6.07 Å². The number of fused-ring (bicyclic) bond motifs is 1. The zero-order valence-electron chi connectivity index (χ0n) is 13.4. The Morgan fingerprint density at radius 3 is 2.60 bits per heavy atom. The van der Waals surface area contributed by atoms with E-state index in [1.807, 2.05) is 0 Å². The van der Waals surface area contributed by atoms with Crippen LogP contribution in [0.25, 0.3) is 0 Å². The highest BCUT2D eigenvalue weighted by molar-refractivity contribution is 5.99. The fourth-order valence-electron chi connectivity index (χ4n) is 2.60. The summed E-state index contributed by atoms with van der Waals surface area (Å²) in [5, 5.41) is 5.40. The zero-order valence-corrected chi connectivity index (χ0v) is 13.4. The zero-order chi connectivity index (χ0) is 18.0. The molecule has 2 aromatic carbocycles. The van der Waals surface area contributed by atoms with Gasteiger partial charge in [-0.15, -0.1) is 0 Å². The summed E-state index contributed by atoms with van der Waals surface area (Å²) in [7, 11) is 0. The molecule has 2 amide bonds. The number of benzene rings is 2. The second-order valence-corrected chi connectivity index (χ2v) is 5.71. The first-order valence-electron chi connectivity index (χ1n) is 7.79. The first kappa shape index (κ1) is 17.0. The molecule has 1 aliphatic rings. The molecule has 0 fully saturated rings. The Balaban J connectivity index is 1.69. The Morgan fingerprint density at radius 1 is 1.20 bits per heavy atom. The first-order valence-corrected chi connectivity index (χ1v) is 7.79. The number of aliphatic imine (C=N–C) groups is 1. The van der Waals surface area contributed by atoms with Crippen molar-refractivity contribution in [1.29, 1.82) is 0 Å². The second kappa shape index (κ2) is 6.58. The van der Waals surface area contributed by atoms with Gasteiger partial charge in [0.2, 0.25) is 0 Å². The summed E-state index contributed by atoms with van der Waals surface area (Å²) in [6, 6.07) is 9.30. The summed E-state index contributed by atoms with van der Waals surface area (Å²) >= 11 is 0. The smallest absolute Gasteiger partial charge is 0.331 e. The van der Waals surface area contributed by atoms with Gasteiger partial charge in [0.05, 0.1) is 17.3 Å². The van der Waals surface area contributed by atoms with E-state index in [-0.39, 0.29) is 0 Å². The monoisotopic (exact) mass is 347 g/mol. The lowest BCUT2D eigenvalue weighted by atomic mass is 10.0. The van der Waals surface area contributed by atoms with Crippen LogP contribution in [0.1, 0.15) is 36.1 Å². The maximum atomic E-state index is 12.9. The van der Waals surface area contributed by atoms with Gasteiger partial charge in [-0.3, -0.25) is 4.99 Å². The van der Waals surface area contributed by atoms with E-state index in [0.29, 0.717) is 17.7 Å². The Kier molecular flexibility index (Phi) is 4.48. The normalized spacial score (nSPS) is 13.6. The Labute approximate surface area is 142 Å². The van der Waals surface area contributed by atoms with Gasteiger partial charge in [0.15, 0.2) is 0 Å². The molecule has 0 aliphatic carbocycles.